The van der Waals surface area contributed by atoms with Crippen molar-refractivity contribution in [1.82, 2.24) is 0 Å². The van der Waals surface area contributed by atoms with Crippen molar-refractivity contribution in [2.75, 3.05) is 20.8 Å². The van der Waals surface area contributed by atoms with Gasteiger partial charge in [0.1, 0.15) is 0 Å². The molecule has 146 valence electrons. The van der Waals surface area contributed by atoms with Gasteiger partial charge in [-0.1, -0.05) is 18.2 Å². The standard InChI is InChI=1S/C21H20O7/c1-26-19-11-14(4-8-17(19)23)3-7-16(22)13-28-21(25)10-6-15-5-9-18(24)20(12-15)27-2/h3-12,23-24H,13H2,1-2H3/b7-3+,10-6+. The van der Waals surface area contributed by atoms with Crippen LogP contribution in [0.2, 0.25) is 0 Å². The highest BCUT2D eigenvalue weighted by Gasteiger charge is 2.05. The molecule has 7 heteroatoms. The first kappa shape index (κ1) is 20.6. The molecule has 0 aromatic heterocycles. The zero-order valence-corrected chi connectivity index (χ0v) is 15.4. The molecule has 0 unspecified atom stereocenters. The molecular formula is C21H20O7. The zero-order chi connectivity index (χ0) is 20.5. The highest BCUT2D eigenvalue weighted by molar-refractivity contribution is 5.96. The van der Waals surface area contributed by atoms with Crippen LogP contribution in [-0.2, 0) is 14.3 Å². The normalized spacial score (nSPS) is 10.9. The van der Waals surface area contributed by atoms with Gasteiger partial charge in [0.05, 0.1) is 14.2 Å². The number of phenols is 2. The molecule has 0 saturated carbocycles. The average molecular weight is 384 g/mol. The molecule has 0 bridgehead atoms. The molecular weight excluding hydrogens is 364 g/mol. The lowest BCUT2D eigenvalue weighted by Crippen LogP contribution is -2.09. The topological polar surface area (TPSA) is 102 Å². The fraction of sp³-hybridized carbons (Fsp3) is 0.143. The number of rotatable bonds is 8. The lowest BCUT2D eigenvalue weighted by atomic mass is 10.1. The van der Waals surface area contributed by atoms with Crippen molar-refractivity contribution >= 4 is 23.9 Å². The summed E-state index contributed by atoms with van der Waals surface area (Å²) in [6.07, 6.45) is 5.45. The average Bonchev–Trinajstić information content (AvgIpc) is 2.70. The Balaban J connectivity index is 1.87. The third kappa shape index (κ3) is 5.91. The van der Waals surface area contributed by atoms with Gasteiger partial charge in [-0.25, -0.2) is 4.79 Å². The highest BCUT2D eigenvalue weighted by atomic mass is 16.5. The molecule has 0 atom stereocenters. The second-order valence-corrected chi connectivity index (χ2v) is 5.60. The summed E-state index contributed by atoms with van der Waals surface area (Å²) >= 11 is 0. The molecule has 0 aliphatic heterocycles. The summed E-state index contributed by atoms with van der Waals surface area (Å²) in [7, 11) is 2.85. The number of benzene rings is 2. The Hall–Kier alpha value is -3.74. The Labute approximate surface area is 162 Å². The molecule has 7 nitrogen and oxygen atoms in total. The summed E-state index contributed by atoms with van der Waals surface area (Å²) in [6, 6.07) is 9.23. The van der Waals surface area contributed by atoms with Gasteiger partial charge >= 0.3 is 5.97 Å². The molecule has 0 aliphatic rings. The van der Waals surface area contributed by atoms with Gasteiger partial charge in [0.2, 0.25) is 0 Å². The molecule has 28 heavy (non-hydrogen) atoms. The van der Waals surface area contributed by atoms with Crippen molar-refractivity contribution in [3.05, 3.63) is 59.7 Å². The fourth-order valence-corrected chi connectivity index (χ4v) is 2.19. The number of ketones is 1. The van der Waals surface area contributed by atoms with Crippen LogP contribution >= 0.6 is 0 Å². The molecule has 0 fully saturated rings. The molecule has 2 aromatic carbocycles. The van der Waals surface area contributed by atoms with Crippen molar-refractivity contribution in [2.24, 2.45) is 0 Å². The number of hydrogen-bond acceptors (Lipinski definition) is 7. The van der Waals surface area contributed by atoms with Crippen molar-refractivity contribution in [3.63, 3.8) is 0 Å². The van der Waals surface area contributed by atoms with E-state index in [0.29, 0.717) is 11.1 Å². The second-order valence-electron chi connectivity index (χ2n) is 5.60. The summed E-state index contributed by atoms with van der Waals surface area (Å²) in [4.78, 5) is 23.6. The number of aromatic hydroxyl groups is 2. The monoisotopic (exact) mass is 384 g/mol. The number of esters is 1. The van der Waals surface area contributed by atoms with Crippen molar-refractivity contribution in [2.45, 2.75) is 0 Å². The Bertz CT molecular complexity index is 837. The fourth-order valence-electron chi connectivity index (χ4n) is 2.19. The van der Waals surface area contributed by atoms with Gasteiger partial charge in [-0.3, -0.25) is 4.79 Å². The molecule has 0 amide bonds. The molecule has 0 radical (unpaired) electrons. The van der Waals surface area contributed by atoms with Crippen LogP contribution in [0.4, 0.5) is 0 Å². The summed E-state index contributed by atoms with van der Waals surface area (Å²) < 4.78 is 14.9. The smallest absolute Gasteiger partial charge is 0.331 e. The van der Waals surface area contributed by atoms with E-state index in [2.05, 4.69) is 0 Å². The lowest BCUT2D eigenvalue weighted by molar-refractivity contribution is -0.141. The first-order valence-electron chi connectivity index (χ1n) is 8.22. The van der Waals surface area contributed by atoms with Gasteiger partial charge in [-0.2, -0.15) is 0 Å². The van der Waals surface area contributed by atoms with Crippen LogP contribution in [0.5, 0.6) is 23.0 Å². The predicted octanol–water partition coefficient (Wildman–Crippen LogP) is 2.95. The maximum atomic E-state index is 11.8. The first-order chi connectivity index (χ1) is 13.4. The van der Waals surface area contributed by atoms with Gasteiger partial charge in [0.25, 0.3) is 0 Å². The van der Waals surface area contributed by atoms with Gasteiger partial charge in [-0.05, 0) is 47.5 Å². The predicted molar refractivity (Wildman–Crippen MR) is 103 cm³/mol. The Morgan fingerprint density at radius 1 is 0.857 bits per heavy atom. The van der Waals surface area contributed by atoms with Crippen LogP contribution in [0.25, 0.3) is 12.2 Å². The number of hydrogen-bond donors (Lipinski definition) is 2. The van der Waals surface area contributed by atoms with E-state index in [1.807, 2.05) is 0 Å². The third-order valence-electron chi connectivity index (χ3n) is 3.64. The van der Waals surface area contributed by atoms with E-state index in [1.54, 1.807) is 24.3 Å². The third-order valence-corrected chi connectivity index (χ3v) is 3.64. The minimum absolute atomic E-state index is 0.00191. The summed E-state index contributed by atoms with van der Waals surface area (Å²) in [6.45, 7) is -0.409. The van der Waals surface area contributed by atoms with Crippen LogP contribution in [0.3, 0.4) is 0 Å². The SMILES string of the molecule is COc1cc(/C=C/C(=O)COC(=O)/C=C/c2ccc(O)c(OC)c2)ccc1O. The number of carbonyl (C=O) groups is 2. The van der Waals surface area contributed by atoms with E-state index in [9.17, 15) is 19.8 Å². The molecule has 0 saturated heterocycles. The molecule has 2 N–H and O–H groups in total. The van der Waals surface area contributed by atoms with E-state index in [1.165, 1.54) is 50.7 Å². The quantitative estimate of drug-likeness (QED) is 0.533. The summed E-state index contributed by atoms with van der Waals surface area (Å²) in [5.41, 5.74) is 1.27. The van der Waals surface area contributed by atoms with Crippen molar-refractivity contribution < 1.29 is 34.0 Å². The number of methoxy groups -OCH3 is 2. The van der Waals surface area contributed by atoms with Gasteiger partial charge in [0.15, 0.2) is 35.4 Å². The maximum absolute atomic E-state index is 11.8. The van der Waals surface area contributed by atoms with Crippen LogP contribution < -0.4 is 9.47 Å². The molecule has 0 heterocycles. The van der Waals surface area contributed by atoms with Crippen LogP contribution in [-0.4, -0.2) is 42.8 Å². The van der Waals surface area contributed by atoms with Crippen LogP contribution in [0.1, 0.15) is 11.1 Å². The van der Waals surface area contributed by atoms with Gasteiger partial charge < -0.3 is 24.4 Å². The molecule has 0 spiro atoms. The largest absolute Gasteiger partial charge is 0.504 e. The number of phenolic OH excluding ortho intramolecular Hbond substituents is 2. The summed E-state index contributed by atoms with van der Waals surface area (Å²) in [5.74, 6) is -0.525. The first-order valence-corrected chi connectivity index (χ1v) is 8.22. The highest BCUT2D eigenvalue weighted by Crippen LogP contribution is 2.27. The lowest BCUT2D eigenvalue weighted by Gasteiger charge is -2.04. The van der Waals surface area contributed by atoms with Crippen LogP contribution in [0, 0.1) is 0 Å². The molecule has 0 aliphatic carbocycles. The number of ether oxygens (including phenoxy) is 3. The number of carbonyl (C=O) groups excluding carboxylic acids is 2. The molecule has 2 aromatic rings. The van der Waals surface area contributed by atoms with Gasteiger partial charge in [-0.15, -0.1) is 0 Å². The second kappa shape index (κ2) is 9.82. The van der Waals surface area contributed by atoms with Gasteiger partial charge in [0, 0.05) is 6.08 Å². The van der Waals surface area contributed by atoms with Crippen molar-refractivity contribution in [3.8, 4) is 23.0 Å². The zero-order valence-electron chi connectivity index (χ0n) is 15.4. The van der Waals surface area contributed by atoms with Crippen molar-refractivity contribution in [1.29, 1.82) is 0 Å². The maximum Gasteiger partial charge on any atom is 0.331 e. The van der Waals surface area contributed by atoms with E-state index >= 15 is 0 Å². The van der Waals surface area contributed by atoms with E-state index in [4.69, 9.17) is 14.2 Å². The van der Waals surface area contributed by atoms with E-state index in [-0.39, 0.29) is 23.0 Å². The van der Waals surface area contributed by atoms with E-state index in [0.717, 1.165) is 0 Å². The molecule has 2 rings (SSSR count). The minimum Gasteiger partial charge on any atom is -0.504 e. The summed E-state index contributed by atoms with van der Waals surface area (Å²) in [5, 5.41) is 19.1. The van der Waals surface area contributed by atoms with E-state index < -0.39 is 18.4 Å². The minimum atomic E-state index is -0.680. The Morgan fingerprint density at radius 2 is 1.36 bits per heavy atom. The Kier molecular flexibility index (Phi) is 7.21. The van der Waals surface area contributed by atoms with Crippen LogP contribution in [0.15, 0.2) is 48.6 Å². The Morgan fingerprint density at radius 3 is 1.86 bits per heavy atom.